The average Bonchev–Trinajstić information content (AvgIpc) is 3.04. The maximum absolute atomic E-state index is 4.60. The Kier molecular flexibility index (Phi) is 5.12. The molecule has 4 nitrogen and oxygen atoms in total. The number of rotatable bonds is 7. The second-order valence-corrected chi connectivity index (χ2v) is 4.84. The molecule has 100 valence electrons. The normalized spacial score (nSPS) is 15.7. The van der Waals surface area contributed by atoms with Crippen LogP contribution in [0, 0.1) is 5.92 Å². The maximum atomic E-state index is 4.60. The molecule has 0 spiro atoms. The lowest BCUT2D eigenvalue weighted by Crippen LogP contribution is -2.38. The third kappa shape index (κ3) is 4.82. The Morgan fingerprint density at radius 2 is 2.06 bits per heavy atom. The summed E-state index contributed by atoms with van der Waals surface area (Å²) in [6, 6.07) is 4.10. The summed E-state index contributed by atoms with van der Waals surface area (Å²) in [5, 5.41) is 6.66. The van der Waals surface area contributed by atoms with Crippen molar-refractivity contribution in [3.05, 3.63) is 24.5 Å². The van der Waals surface area contributed by atoms with E-state index in [2.05, 4.69) is 51.6 Å². The van der Waals surface area contributed by atoms with Crippen LogP contribution >= 0.6 is 0 Å². The van der Waals surface area contributed by atoms with Crippen molar-refractivity contribution in [1.82, 2.24) is 15.2 Å². The molecule has 1 fully saturated rings. The van der Waals surface area contributed by atoms with E-state index in [0.717, 1.165) is 38.1 Å². The molecule has 1 saturated carbocycles. The molecule has 0 aromatic carbocycles. The van der Waals surface area contributed by atoms with Crippen molar-refractivity contribution < 1.29 is 0 Å². The first kappa shape index (κ1) is 13.0. The summed E-state index contributed by atoms with van der Waals surface area (Å²) in [6.07, 6.45) is 8.23. The summed E-state index contributed by atoms with van der Waals surface area (Å²) < 4.78 is 2.17. The number of nitrogens with zero attached hydrogens (tertiary/aromatic N) is 2. The van der Waals surface area contributed by atoms with Gasteiger partial charge >= 0.3 is 0 Å². The van der Waals surface area contributed by atoms with E-state index in [1.807, 2.05) is 0 Å². The van der Waals surface area contributed by atoms with Crippen LogP contribution in [0.4, 0.5) is 0 Å². The molecule has 1 aromatic heterocycles. The molecular formula is C14H24N4. The average molecular weight is 248 g/mol. The first-order chi connectivity index (χ1) is 8.88. The quantitative estimate of drug-likeness (QED) is 0.571. The lowest BCUT2D eigenvalue weighted by Gasteiger charge is -2.11. The number of aliphatic imine (C=N–C) groups is 1. The minimum atomic E-state index is 0.907. The molecule has 0 unspecified atom stereocenters. The summed E-state index contributed by atoms with van der Waals surface area (Å²) in [5.41, 5.74) is 0. The van der Waals surface area contributed by atoms with E-state index in [-0.39, 0.29) is 0 Å². The molecule has 4 heteroatoms. The van der Waals surface area contributed by atoms with Crippen molar-refractivity contribution in [2.24, 2.45) is 10.9 Å². The van der Waals surface area contributed by atoms with Crippen LogP contribution in [0.1, 0.15) is 26.2 Å². The molecule has 0 aliphatic heterocycles. The van der Waals surface area contributed by atoms with Gasteiger partial charge in [-0.15, -0.1) is 0 Å². The van der Waals surface area contributed by atoms with Crippen molar-refractivity contribution >= 4 is 5.96 Å². The maximum Gasteiger partial charge on any atom is 0.191 e. The van der Waals surface area contributed by atoms with E-state index in [4.69, 9.17) is 0 Å². The van der Waals surface area contributed by atoms with Gasteiger partial charge in [-0.3, -0.25) is 4.99 Å². The fourth-order valence-electron chi connectivity index (χ4n) is 1.93. The minimum absolute atomic E-state index is 0.907. The summed E-state index contributed by atoms with van der Waals surface area (Å²) in [6.45, 7) is 5.84. The molecule has 0 bridgehead atoms. The van der Waals surface area contributed by atoms with Crippen LogP contribution in [-0.4, -0.2) is 30.2 Å². The second-order valence-electron chi connectivity index (χ2n) is 4.84. The second kappa shape index (κ2) is 7.09. The van der Waals surface area contributed by atoms with Crippen LogP contribution in [0.25, 0.3) is 0 Å². The van der Waals surface area contributed by atoms with E-state index in [1.54, 1.807) is 0 Å². The van der Waals surface area contributed by atoms with Gasteiger partial charge in [-0.2, -0.15) is 0 Å². The van der Waals surface area contributed by atoms with Gasteiger partial charge in [0.15, 0.2) is 5.96 Å². The van der Waals surface area contributed by atoms with Crippen LogP contribution in [0.2, 0.25) is 0 Å². The number of hydrogen-bond donors (Lipinski definition) is 2. The van der Waals surface area contributed by atoms with Crippen LogP contribution < -0.4 is 10.6 Å². The van der Waals surface area contributed by atoms with Gasteiger partial charge in [0.2, 0.25) is 0 Å². The molecule has 2 rings (SSSR count). The van der Waals surface area contributed by atoms with Gasteiger partial charge in [0.05, 0.1) is 0 Å². The lowest BCUT2D eigenvalue weighted by atomic mass is 10.3. The van der Waals surface area contributed by atoms with Crippen LogP contribution in [0.15, 0.2) is 29.5 Å². The molecule has 1 heterocycles. The first-order valence-corrected chi connectivity index (χ1v) is 7.01. The Hall–Kier alpha value is -1.45. The highest BCUT2D eigenvalue weighted by atomic mass is 15.2. The fraction of sp³-hybridized carbons (Fsp3) is 0.643. The van der Waals surface area contributed by atoms with Crippen LogP contribution in [-0.2, 0) is 6.54 Å². The van der Waals surface area contributed by atoms with Gasteiger partial charge in [0.1, 0.15) is 0 Å². The standard InChI is InChI=1S/C14H24N4/c1-2-15-14(16-8-7-13-5-6-13)17-9-12-18-10-3-4-11-18/h3-4,10-11,13H,2,5-9,12H2,1H3,(H2,15,16,17). The predicted octanol–water partition coefficient (Wildman–Crippen LogP) is 1.84. The van der Waals surface area contributed by atoms with E-state index in [1.165, 1.54) is 19.3 Å². The van der Waals surface area contributed by atoms with Gasteiger partial charge in [0, 0.05) is 38.6 Å². The summed E-state index contributed by atoms with van der Waals surface area (Å²) in [4.78, 5) is 4.60. The van der Waals surface area contributed by atoms with E-state index in [9.17, 15) is 0 Å². The van der Waals surface area contributed by atoms with Gasteiger partial charge in [0.25, 0.3) is 0 Å². The molecule has 0 atom stereocenters. The number of hydrogen-bond acceptors (Lipinski definition) is 1. The van der Waals surface area contributed by atoms with E-state index in [0.29, 0.717) is 0 Å². The Balaban J connectivity index is 1.67. The van der Waals surface area contributed by atoms with Crippen LogP contribution in [0.3, 0.4) is 0 Å². The molecule has 0 amide bonds. The zero-order valence-electron chi connectivity index (χ0n) is 11.2. The minimum Gasteiger partial charge on any atom is -0.357 e. The number of nitrogens with one attached hydrogen (secondary N) is 2. The SMILES string of the molecule is CCNC(=NCCC1CC1)NCCn1cccc1. The third-order valence-electron chi connectivity index (χ3n) is 3.18. The molecule has 0 radical (unpaired) electrons. The van der Waals surface area contributed by atoms with E-state index < -0.39 is 0 Å². The summed E-state index contributed by atoms with van der Waals surface area (Å²) in [7, 11) is 0. The highest BCUT2D eigenvalue weighted by Gasteiger charge is 2.20. The Morgan fingerprint density at radius 3 is 2.72 bits per heavy atom. The van der Waals surface area contributed by atoms with Gasteiger partial charge in [-0.05, 0) is 31.4 Å². The molecule has 1 aromatic rings. The van der Waals surface area contributed by atoms with Gasteiger partial charge in [-0.25, -0.2) is 0 Å². The highest BCUT2D eigenvalue weighted by molar-refractivity contribution is 5.79. The molecule has 2 N–H and O–H groups in total. The lowest BCUT2D eigenvalue weighted by molar-refractivity contribution is 0.662. The zero-order valence-corrected chi connectivity index (χ0v) is 11.2. The number of aromatic nitrogens is 1. The Morgan fingerprint density at radius 1 is 1.28 bits per heavy atom. The molecule has 0 saturated heterocycles. The highest BCUT2D eigenvalue weighted by Crippen LogP contribution is 2.31. The Bertz CT molecular complexity index is 352. The summed E-state index contributed by atoms with van der Waals surface area (Å²) >= 11 is 0. The predicted molar refractivity (Wildman–Crippen MR) is 75.8 cm³/mol. The van der Waals surface area contributed by atoms with Crippen LogP contribution in [0.5, 0.6) is 0 Å². The molecule has 18 heavy (non-hydrogen) atoms. The van der Waals surface area contributed by atoms with Crippen molar-refractivity contribution in [2.75, 3.05) is 19.6 Å². The fourth-order valence-corrected chi connectivity index (χ4v) is 1.93. The monoisotopic (exact) mass is 248 g/mol. The molecule has 1 aliphatic carbocycles. The Labute approximate surface area is 109 Å². The van der Waals surface area contributed by atoms with Crippen molar-refractivity contribution in [3.63, 3.8) is 0 Å². The van der Waals surface area contributed by atoms with E-state index >= 15 is 0 Å². The largest absolute Gasteiger partial charge is 0.357 e. The summed E-state index contributed by atoms with van der Waals surface area (Å²) in [5.74, 6) is 1.90. The number of guanidine groups is 1. The first-order valence-electron chi connectivity index (χ1n) is 7.01. The van der Waals surface area contributed by atoms with Crippen molar-refractivity contribution in [3.8, 4) is 0 Å². The van der Waals surface area contributed by atoms with Crippen molar-refractivity contribution in [2.45, 2.75) is 32.7 Å². The van der Waals surface area contributed by atoms with Gasteiger partial charge in [-0.1, -0.05) is 12.8 Å². The van der Waals surface area contributed by atoms with Crippen molar-refractivity contribution in [1.29, 1.82) is 0 Å². The topological polar surface area (TPSA) is 41.4 Å². The van der Waals surface area contributed by atoms with Gasteiger partial charge < -0.3 is 15.2 Å². The molecule has 1 aliphatic rings. The smallest absolute Gasteiger partial charge is 0.191 e. The zero-order chi connectivity index (χ0) is 12.6. The molecular weight excluding hydrogens is 224 g/mol. The third-order valence-corrected chi connectivity index (χ3v) is 3.18.